The molecule has 0 saturated carbocycles. The van der Waals surface area contributed by atoms with Gasteiger partial charge in [0.2, 0.25) is 0 Å². The van der Waals surface area contributed by atoms with Gasteiger partial charge in [-0.3, -0.25) is 4.98 Å². The van der Waals surface area contributed by atoms with Gasteiger partial charge in [0.15, 0.2) is 21.5 Å². The number of nitrogens with zero attached hydrogens (tertiary/aromatic N) is 9. The predicted molar refractivity (Wildman–Crippen MR) is 198 cm³/mol. The van der Waals surface area contributed by atoms with Gasteiger partial charge in [-0.1, -0.05) is 49.4 Å². The van der Waals surface area contributed by atoms with Crippen LogP contribution in [-0.4, -0.2) is 64.2 Å². The van der Waals surface area contributed by atoms with Crippen molar-refractivity contribution in [1.29, 1.82) is 0 Å². The zero-order valence-electron chi connectivity index (χ0n) is 29.3. The molecule has 19 heteroatoms. The summed E-state index contributed by atoms with van der Waals surface area (Å²) in [6.45, 7) is 1.94. The van der Waals surface area contributed by atoms with E-state index in [0.717, 1.165) is 40.2 Å². The maximum Gasteiger partial charge on any atom is 0.433 e. The second-order valence-corrected chi connectivity index (χ2v) is 16.0. The number of pyridine rings is 3. The smallest absolute Gasteiger partial charge is 0.324 e. The van der Waals surface area contributed by atoms with Gasteiger partial charge in [0.25, 0.3) is 0 Å². The number of benzene rings is 2. The van der Waals surface area contributed by atoms with Crippen LogP contribution in [0.2, 0.25) is 0 Å². The van der Waals surface area contributed by atoms with E-state index in [4.69, 9.17) is 4.98 Å². The Labute approximate surface area is 317 Å². The first-order valence-electron chi connectivity index (χ1n) is 17.0. The summed E-state index contributed by atoms with van der Waals surface area (Å²) in [6, 6.07) is 15.6. The molecule has 0 aliphatic rings. The van der Waals surface area contributed by atoms with Gasteiger partial charge in [0, 0.05) is 35.5 Å². The van der Waals surface area contributed by atoms with Crippen LogP contribution in [0.5, 0.6) is 0 Å². The van der Waals surface area contributed by atoms with Gasteiger partial charge in [0.05, 0.1) is 45.7 Å². The van der Waals surface area contributed by atoms with Crippen LogP contribution < -0.4 is 0 Å². The summed E-state index contributed by atoms with van der Waals surface area (Å²) >= 11 is 1.49. The van der Waals surface area contributed by atoms with Crippen molar-refractivity contribution in [1.82, 2.24) is 44.3 Å². The third kappa shape index (κ3) is 6.57. The molecule has 0 aliphatic carbocycles. The normalized spacial score (nSPS) is 12.8. The summed E-state index contributed by atoms with van der Waals surface area (Å²) in [4.78, 5) is 21.4. The molecule has 2 aromatic carbocycles. The molecule has 0 unspecified atom stereocenters. The van der Waals surface area contributed by atoms with Crippen molar-refractivity contribution in [3.63, 3.8) is 0 Å². The number of aromatic nitrogens is 9. The molecule has 56 heavy (non-hydrogen) atoms. The average Bonchev–Trinajstić information content (AvgIpc) is 3.70. The summed E-state index contributed by atoms with van der Waals surface area (Å²) in [5.41, 5.74) is -1.41. The zero-order valence-corrected chi connectivity index (χ0v) is 30.9. The molecule has 11 nitrogen and oxygen atoms in total. The number of alkyl halides is 6. The van der Waals surface area contributed by atoms with Crippen LogP contribution in [0.4, 0.5) is 26.3 Å². The van der Waals surface area contributed by atoms with Crippen LogP contribution in [-0.2, 0) is 35.8 Å². The lowest BCUT2D eigenvalue weighted by Crippen LogP contribution is -2.14. The maximum atomic E-state index is 14.5. The van der Waals surface area contributed by atoms with E-state index in [2.05, 4.69) is 30.1 Å². The number of hydrogen-bond acceptors (Lipinski definition) is 10. The number of fused-ring (bicyclic) bond motifs is 4. The third-order valence-electron chi connectivity index (χ3n) is 9.18. The van der Waals surface area contributed by atoms with Gasteiger partial charge < -0.3 is 9.13 Å². The molecule has 0 bridgehead atoms. The Morgan fingerprint density at radius 1 is 0.714 bits per heavy atom. The van der Waals surface area contributed by atoms with Gasteiger partial charge in [-0.15, -0.1) is 22.0 Å². The lowest BCUT2D eigenvalue weighted by atomic mass is 10.1. The molecule has 8 rings (SSSR count). The van der Waals surface area contributed by atoms with E-state index in [1.54, 1.807) is 35.0 Å². The van der Waals surface area contributed by atoms with Crippen molar-refractivity contribution >= 4 is 65.3 Å². The SMILES string of the molecule is CCSc1c(-c2nc3cc(C(F)(F)F)ncc3n2CCCS(=O)(=O)c2c(-c3nc4cc(C(F)(F)F)ncc4n3C)nnc3ccccc23)ncc2ccccc12. The second-order valence-electron chi connectivity index (χ2n) is 12.7. The minimum atomic E-state index is -4.74. The predicted octanol–water partition coefficient (Wildman–Crippen LogP) is 8.55. The van der Waals surface area contributed by atoms with Crippen LogP contribution in [0.1, 0.15) is 24.7 Å². The molecular formula is C37H27F6N9O2S2. The first-order chi connectivity index (χ1) is 26.7. The number of hydrogen-bond donors (Lipinski definition) is 0. The third-order valence-corrected chi connectivity index (χ3v) is 12.0. The fourth-order valence-corrected chi connectivity index (χ4v) is 9.19. The standard InChI is InChI=1S/C37H27F6N9O2S2/c1-3-55-32-21-10-5-4-9-20(21)17-46-30(32)35-48-25-16-29(37(41,42)43)45-19-27(25)52(35)13-8-14-56(53,54)33-22-11-6-7-12-23(22)49-50-31(33)34-47-24-15-28(36(38,39)40)44-18-26(24)51(34)2/h4-7,9-12,15-19H,3,8,13-14H2,1-2H3. The molecule has 0 amide bonds. The van der Waals surface area contributed by atoms with E-state index in [-0.39, 0.29) is 68.2 Å². The molecule has 0 saturated heterocycles. The van der Waals surface area contributed by atoms with E-state index >= 15 is 0 Å². The average molecular weight is 808 g/mol. The highest BCUT2D eigenvalue weighted by Gasteiger charge is 2.35. The van der Waals surface area contributed by atoms with Crippen molar-refractivity contribution in [2.45, 2.75) is 42.0 Å². The Morgan fingerprint density at radius 3 is 2.04 bits per heavy atom. The Kier molecular flexibility index (Phi) is 9.18. The highest BCUT2D eigenvalue weighted by Crippen LogP contribution is 2.39. The van der Waals surface area contributed by atoms with E-state index in [1.165, 1.54) is 23.4 Å². The Balaban J connectivity index is 1.22. The molecule has 0 N–H and O–H groups in total. The first-order valence-corrected chi connectivity index (χ1v) is 19.6. The lowest BCUT2D eigenvalue weighted by Gasteiger charge is -2.15. The van der Waals surface area contributed by atoms with Crippen molar-refractivity contribution in [3.05, 3.63) is 90.6 Å². The summed E-state index contributed by atoms with van der Waals surface area (Å²) < 4.78 is 114. The minimum Gasteiger partial charge on any atom is -0.324 e. The minimum absolute atomic E-state index is 0.00391. The lowest BCUT2D eigenvalue weighted by molar-refractivity contribution is -0.141. The highest BCUT2D eigenvalue weighted by atomic mass is 32.2. The Bertz CT molecular complexity index is 2950. The summed E-state index contributed by atoms with van der Waals surface area (Å²) in [5, 5.41) is 10.4. The van der Waals surface area contributed by atoms with Crippen LogP contribution in [0, 0.1) is 0 Å². The monoisotopic (exact) mass is 807 g/mol. The summed E-state index contributed by atoms with van der Waals surface area (Å²) in [5.74, 6) is 0.371. The van der Waals surface area contributed by atoms with Crippen molar-refractivity contribution < 1.29 is 34.8 Å². The summed E-state index contributed by atoms with van der Waals surface area (Å²) in [7, 11) is -2.77. The van der Waals surface area contributed by atoms with E-state index < -0.39 is 39.3 Å². The Morgan fingerprint density at radius 2 is 1.34 bits per heavy atom. The molecule has 286 valence electrons. The molecule has 0 spiro atoms. The highest BCUT2D eigenvalue weighted by molar-refractivity contribution is 7.99. The number of imidazole rings is 2. The van der Waals surface area contributed by atoms with Gasteiger partial charge >= 0.3 is 12.4 Å². The number of sulfone groups is 1. The fraction of sp³-hybridized carbons (Fsp3) is 0.216. The van der Waals surface area contributed by atoms with Crippen molar-refractivity contribution in [2.75, 3.05) is 11.5 Å². The van der Waals surface area contributed by atoms with E-state index in [1.807, 2.05) is 31.2 Å². The Hall–Kier alpha value is -5.69. The molecule has 0 atom stereocenters. The number of halogens is 6. The van der Waals surface area contributed by atoms with Crippen LogP contribution >= 0.6 is 11.8 Å². The molecule has 8 aromatic rings. The molecule has 0 aliphatic heterocycles. The fourth-order valence-electron chi connectivity index (χ4n) is 6.63. The molecule has 0 radical (unpaired) electrons. The molecular weight excluding hydrogens is 781 g/mol. The second kappa shape index (κ2) is 13.8. The largest absolute Gasteiger partial charge is 0.433 e. The number of aryl methyl sites for hydroxylation is 2. The maximum absolute atomic E-state index is 14.5. The molecule has 0 fully saturated rings. The number of thioether (sulfide) groups is 1. The van der Waals surface area contributed by atoms with E-state index in [9.17, 15) is 34.8 Å². The zero-order chi connectivity index (χ0) is 39.6. The van der Waals surface area contributed by atoms with Gasteiger partial charge in [-0.05, 0) is 35.8 Å². The quantitative estimate of drug-likeness (QED) is 0.103. The number of rotatable bonds is 9. The van der Waals surface area contributed by atoms with Crippen LogP contribution in [0.15, 0.2) is 89.0 Å². The van der Waals surface area contributed by atoms with Crippen LogP contribution in [0.3, 0.4) is 0 Å². The van der Waals surface area contributed by atoms with Gasteiger partial charge in [0.1, 0.15) is 27.7 Å². The topological polar surface area (TPSA) is 134 Å². The van der Waals surface area contributed by atoms with Gasteiger partial charge in [-0.2, -0.15) is 26.3 Å². The van der Waals surface area contributed by atoms with E-state index in [0.29, 0.717) is 11.4 Å². The molecule has 6 aromatic heterocycles. The van der Waals surface area contributed by atoms with Crippen molar-refractivity contribution in [2.24, 2.45) is 7.05 Å². The first kappa shape index (κ1) is 37.2. The van der Waals surface area contributed by atoms with Gasteiger partial charge in [-0.25, -0.2) is 28.4 Å². The van der Waals surface area contributed by atoms with Crippen molar-refractivity contribution in [3.8, 4) is 23.0 Å². The summed E-state index contributed by atoms with van der Waals surface area (Å²) in [6.07, 6.45) is -5.79. The van der Waals surface area contributed by atoms with Crippen LogP contribution in [0.25, 0.3) is 66.8 Å². The molecule has 6 heterocycles.